The van der Waals surface area contributed by atoms with Gasteiger partial charge >= 0.3 is 0 Å². The Morgan fingerprint density at radius 1 is 1.00 bits per heavy atom. The molecular weight excluding hydrogens is 264 g/mol. The van der Waals surface area contributed by atoms with Crippen molar-refractivity contribution in [3.8, 4) is 0 Å². The average Bonchev–Trinajstić information content (AvgIpc) is 2.66. The Morgan fingerprint density at radius 2 is 1.63 bits per heavy atom. The van der Waals surface area contributed by atoms with Crippen molar-refractivity contribution < 1.29 is 13.2 Å². The van der Waals surface area contributed by atoms with Gasteiger partial charge < -0.3 is 4.90 Å². The van der Waals surface area contributed by atoms with Gasteiger partial charge in [-0.3, -0.25) is 4.79 Å². The number of rotatable bonds is 2. The van der Waals surface area contributed by atoms with Crippen LogP contribution in [0.15, 0.2) is 0 Å². The fourth-order valence-electron chi connectivity index (χ4n) is 2.99. The Kier molecular flexibility index (Phi) is 4.84. The maximum Gasteiger partial charge on any atom is 0.227 e. The number of sulfonamides is 1. The molecule has 2 aliphatic heterocycles. The highest BCUT2D eigenvalue weighted by Gasteiger charge is 2.32. The number of carbonyl (C=O) groups is 1. The van der Waals surface area contributed by atoms with Gasteiger partial charge in [-0.25, -0.2) is 12.7 Å². The van der Waals surface area contributed by atoms with Gasteiger partial charge in [0.05, 0.1) is 12.2 Å². The number of nitrogens with zero attached hydrogens (tertiary/aromatic N) is 2. The number of likely N-dealkylation sites (tertiary alicyclic amines) is 1. The predicted molar refractivity (Wildman–Crippen MR) is 74.2 cm³/mol. The summed E-state index contributed by atoms with van der Waals surface area (Å²) in [4.78, 5) is 14.4. The Balaban J connectivity index is 1.98. The summed E-state index contributed by atoms with van der Waals surface area (Å²) in [6.07, 6.45) is 7.39. The Hall–Kier alpha value is -0.620. The molecule has 2 saturated heterocycles. The molecule has 2 heterocycles. The van der Waals surface area contributed by atoms with Crippen molar-refractivity contribution in [2.24, 2.45) is 5.92 Å². The van der Waals surface area contributed by atoms with E-state index in [1.165, 1.54) is 23.4 Å². The highest BCUT2D eigenvalue weighted by molar-refractivity contribution is 7.88. The van der Waals surface area contributed by atoms with Crippen LogP contribution in [0.2, 0.25) is 0 Å². The van der Waals surface area contributed by atoms with Gasteiger partial charge in [-0.15, -0.1) is 0 Å². The van der Waals surface area contributed by atoms with E-state index in [-0.39, 0.29) is 11.8 Å². The van der Waals surface area contributed by atoms with Crippen LogP contribution in [0.25, 0.3) is 0 Å². The van der Waals surface area contributed by atoms with Crippen molar-refractivity contribution in [2.45, 2.75) is 38.5 Å². The summed E-state index contributed by atoms with van der Waals surface area (Å²) in [6, 6.07) is 0. The smallest absolute Gasteiger partial charge is 0.227 e. The van der Waals surface area contributed by atoms with Crippen molar-refractivity contribution in [1.29, 1.82) is 0 Å². The summed E-state index contributed by atoms with van der Waals surface area (Å²) < 4.78 is 24.6. The molecular formula is C13H24N2O3S. The molecule has 2 rings (SSSR count). The standard InChI is InChI=1S/C13H24N2O3S/c1-19(17,18)15-10-6-7-12(11-15)13(16)14-8-4-2-3-5-9-14/h12H,2-11H2,1H3/t12-/m0/s1. The molecule has 0 bridgehead atoms. The number of piperidine rings is 1. The summed E-state index contributed by atoms with van der Waals surface area (Å²) in [5.41, 5.74) is 0. The van der Waals surface area contributed by atoms with Crippen molar-refractivity contribution in [3.63, 3.8) is 0 Å². The van der Waals surface area contributed by atoms with E-state index in [0.29, 0.717) is 13.1 Å². The van der Waals surface area contributed by atoms with Gasteiger partial charge in [-0.05, 0) is 25.7 Å². The Bertz CT molecular complexity index is 414. The average molecular weight is 288 g/mol. The quantitative estimate of drug-likeness (QED) is 0.763. The van der Waals surface area contributed by atoms with Gasteiger partial charge in [0.15, 0.2) is 0 Å². The lowest BCUT2D eigenvalue weighted by Crippen LogP contribution is -2.46. The topological polar surface area (TPSA) is 57.7 Å². The SMILES string of the molecule is CS(=O)(=O)N1CCC[C@H](C(=O)N2CCCCCC2)C1. The molecule has 110 valence electrons. The molecule has 1 amide bonds. The number of hydrogen-bond acceptors (Lipinski definition) is 3. The van der Waals surface area contributed by atoms with Gasteiger partial charge in [0.1, 0.15) is 0 Å². The van der Waals surface area contributed by atoms with E-state index in [0.717, 1.165) is 38.8 Å². The van der Waals surface area contributed by atoms with E-state index in [1.807, 2.05) is 4.90 Å². The first-order valence-electron chi connectivity index (χ1n) is 7.22. The number of carbonyl (C=O) groups excluding carboxylic acids is 1. The normalized spacial score (nSPS) is 27.0. The molecule has 0 aromatic rings. The van der Waals surface area contributed by atoms with Crippen LogP contribution in [-0.4, -0.2) is 56.0 Å². The zero-order chi connectivity index (χ0) is 13.9. The molecule has 1 atom stereocenters. The molecule has 0 aromatic carbocycles. The first-order chi connectivity index (χ1) is 8.98. The molecule has 0 radical (unpaired) electrons. The first kappa shape index (κ1) is 14.8. The summed E-state index contributed by atoms with van der Waals surface area (Å²) in [5.74, 6) is 0.0248. The summed E-state index contributed by atoms with van der Waals surface area (Å²) in [6.45, 7) is 2.61. The monoisotopic (exact) mass is 288 g/mol. The van der Waals surface area contributed by atoms with Crippen LogP contribution in [0.4, 0.5) is 0 Å². The maximum absolute atomic E-state index is 12.5. The lowest BCUT2D eigenvalue weighted by molar-refractivity contribution is -0.136. The summed E-state index contributed by atoms with van der Waals surface area (Å²) in [5, 5.41) is 0. The largest absolute Gasteiger partial charge is 0.342 e. The van der Waals surface area contributed by atoms with E-state index in [9.17, 15) is 13.2 Å². The number of amides is 1. The molecule has 0 aromatic heterocycles. The second-order valence-corrected chi connectivity index (χ2v) is 7.68. The van der Waals surface area contributed by atoms with Crippen LogP contribution in [0.5, 0.6) is 0 Å². The van der Waals surface area contributed by atoms with E-state index >= 15 is 0 Å². The van der Waals surface area contributed by atoms with Crippen molar-refractivity contribution in [1.82, 2.24) is 9.21 Å². The summed E-state index contributed by atoms with van der Waals surface area (Å²) in [7, 11) is -3.17. The molecule has 0 saturated carbocycles. The van der Waals surface area contributed by atoms with E-state index in [4.69, 9.17) is 0 Å². The van der Waals surface area contributed by atoms with Crippen LogP contribution < -0.4 is 0 Å². The van der Waals surface area contributed by atoms with Gasteiger partial charge in [0.25, 0.3) is 0 Å². The molecule has 0 spiro atoms. The lowest BCUT2D eigenvalue weighted by Gasteiger charge is -2.33. The minimum atomic E-state index is -3.17. The van der Waals surface area contributed by atoms with Crippen LogP contribution >= 0.6 is 0 Å². The third kappa shape index (κ3) is 3.92. The van der Waals surface area contributed by atoms with Crippen molar-refractivity contribution in [3.05, 3.63) is 0 Å². The zero-order valence-electron chi connectivity index (χ0n) is 11.7. The van der Waals surface area contributed by atoms with Crippen LogP contribution in [0, 0.1) is 5.92 Å². The van der Waals surface area contributed by atoms with Crippen molar-refractivity contribution >= 4 is 15.9 Å². The van der Waals surface area contributed by atoms with Crippen molar-refractivity contribution in [2.75, 3.05) is 32.4 Å². The van der Waals surface area contributed by atoms with E-state index in [2.05, 4.69) is 0 Å². The molecule has 0 unspecified atom stereocenters. The molecule has 6 heteroatoms. The van der Waals surface area contributed by atoms with Crippen LogP contribution in [0.1, 0.15) is 38.5 Å². The second-order valence-electron chi connectivity index (χ2n) is 5.70. The second kappa shape index (κ2) is 6.22. The minimum Gasteiger partial charge on any atom is -0.342 e. The lowest BCUT2D eigenvalue weighted by atomic mass is 9.98. The Labute approximate surface area is 116 Å². The Morgan fingerprint density at radius 3 is 2.21 bits per heavy atom. The molecule has 5 nitrogen and oxygen atoms in total. The molecule has 2 aliphatic rings. The van der Waals surface area contributed by atoms with Gasteiger partial charge in [-0.1, -0.05) is 12.8 Å². The predicted octanol–water partition coefficient (Wildman–Crippen LogP) is 1.06. The third-order valence-electron chi connectivity index (χ3n) is 4.12. The van der Waals surface area contributed by atoms with E-state index in [1.54, 1.807) is 0 Å². The van der Waals surface area contributed by atoms with Crippen LogP contribution in [0.3, 0.4) is 0 Å². The summed E-state index contributed by atoms with van der Waals surface area (Å²) >= 11 is 0. The van der Waals surface area contributed by atoms with Crippen LogP contribution in [-0.2, 0) is 14.8 Å². The van der Waals surface area contributed by atoms with E-state index < -0.39 is 10.0 Å². The fourth-order valence-corrected chi connectivity index (χ4v) is 3.91. The molecule has 2 fully saturated rings. The molecule has 0 N–H and O–H groups in total. The fraction of sp³-hybridized carbons (Fsp3) is 0.923. The van der Waals surface area contributed by atoms with Gasteiger partial charge in [-0.2, -0.15) is 0 Å². The van der Waals surface area contributed by atoms with Gasteiger partial charge in [0.2, 0.25) is 15.9 Å². The minimum absolute atomic E-state index is 0.137. The van der Waals surface area contributed by atoms with Gasteiger partial charge in [0, 0.05) is 26.2 Å². The highest BCUT2D eigenvalue weighted by Crippen LogP contribution is 2.22. The molecule has 0 aliphatic carbocycles. The molecule has 19 heavy (non-hydrogen) atoms. The number of hydrogen-bond donors (Lipinski definition) is 0. The highest BCUT2D eigenvalue weighted by atomic mass is 32.2. The maximum atomic E-state index is 12.5. The first-order valence-corrected chi connectivity index (χ1v) is 9.07. The zero-order valence-corrected chi connectivity index (χ0v) is 12.5. The third-order valence-corrected chi connectivity index (χ3v) is 5.39.